The number of hydrogen-bond acceptors (Lipinski definition) is 6. The summed E-state index contributed by atoms with van der Waals surface area (Å²) in [6.07, 6.45) is 6.46. The fraction of sp³-hybridized carbons (Fsp3) is 0.522. The molecule has 0 atom stereocenters. The molecule has 3 amide bonds. The second-order valence-corrected chi connectivity index (χ2v) is 9.27. The summed E-state index contributed by atoms with van der Waals surface area (Å²) in [7, 11) is 1.63. The highest BCUT2D eigenvalue weighted by atomic mass is 32.1. The molecule has 0 N–H and O–H groups in total. The molecule has 0 unspecified atom stereocenters. The molecular weight excluding hydrogens is 412 g/mol. The number of hydrogen-bond donors (Lipinski definition) is 0. The lowest BCUT2D eigenvalue weighted by atomic mass is 9.85. The average Bonchev–Trinajstić information content (AvgIpc) is 3.37. The van der Waals surface area contributed by atoms with Crippen molar-refractivity contribution in [3.63, 3.8) is 0 Å². The zero-order valence-electron chi connectivity index (χ0n) is 18.0. The van der Waals surface area contributed by atoms with Crippen molar-refractivity contribution in [1.29, 1.82) is 0 Å². The van der Waals surface area contributed by atoms with Crippen molar-refractivity contribution >= 4 is 23.3 Å². The van der Waals surface area contributed by atoms with E-state index in [2.05, 4.69) is 27.4 Å². The Balaban J connectivity index is 1.42. The van der Waals surface area contributed by atoms with Gasteiger partial charge in [0.1, 0.15) is 5.54 Å². The average molecular weight is 443 g/mol. The highest BCUT2D eigenvalue weighted by Gasteiger charge is 2.57. The summed E-state index contributed by atoms with van der Waals surface area (Å²) < 4.78 is 5.25. The molecule has 2 aromatic heterocycles. The third-order valence-corrected chi connectivity index (χ3v) is 7.21. The SMILES string of the molecule is COCCN1C(=O)N(CCCc2cccnc2)C(=O)C12CCN(Cc1cccs1)CC2. The number of aryl methyl sites for hydroxylation is 1. The summed E-state index contributed by atoms with van der Waals surface area (Å²) in [4.78, 5) is 37.9. The molecule has 0 saturated carbocycles. The number of imide groups is 1. The molecule has 4 heterocycles. The molecule has 166 valence electrons. The second kappa shape index (κ2) is 9.89. The van der Waals surface area contributed by atoms with Crippen LogP contribution in [0.2, 0.25) is 0 Å². The van der Waals surface area contributed by atoms with Gasteiger partial charge in [0.25, 0.3) is 5.91 Å². The summed E-state index contributed by atoms with van der Waals surface area (Å²) >= 11 is 1.76. The van der Waals surface area contributed by atoms with Crippen LogP contribution in [0.5, 0.6) is 0 Å². The molecule has 2 aliphatic heterocycles. The number of rotatable bonds is 9. The van der Waals surface area contributed by atoms with Gasteiger partial charge in [-0.1, -0.05) is 12.1 Å². The summed E-state index contributed by atoms with van der Waals surface area (Å²) in [5.74, 6) is -0.0319. The van der Waals surface area contributed by atoms with Gasteiger partial charge in [0, 0.05) is 57.1 Å². The molecule has 2 fully saturated rings. The second-order valence-electron chi connectivity index (χ2n) is 8.24. The lowest BCUT2D eigenvalue weighted by Crippen LogP contribution is -2.57. The Hall–Kier alpha value is -2.29. The number of amides is 3. The van der Waals surface area contributed by atoms with Crippen LogP contribution < -0.4 is 0 Å². The number of urea groups is 1. The predicted octanol–water partition coefficient (Wildman–Crippen LogP) is 3.02. The minimum atomic E-state index is -0.726. The van der Waals surface area contributed by atoms with E-state index in [1.54, 1.807) is 29.5 Å². The predicted molar refractivity (Wildman–Crippen MR) is 120 cm³/mol. The van der Waals surface area contributed by atoms with E-state index >= 15 is 0 Å². The van der Waals surface area contributed by atoms with Crippen LogP contribution in [0.3, 0.4) is 0 Å². The van der Waals surface area contributed by atoms with Crippen molar-refractivity contribution in [2.24, 2.45) is 0 Å². The highest BCUT2D eigenvalue weighted by Crippen LogP contribution is 2.37. The van der Waals surface area contributed by atoms with Crippen LogP contribution in [0, 0.1) is 0 Å². The minimum Gasteiger partial charge on any atom is -0.383 e. The van der Waals surface area contributed by atoms with E-state index in [0.717, 1.165) is 38.0 Å². The number of nitrogens with zero attached hydrogens (tertiary/aromatic N) is 4. The molecule has 7 nitrogen and oxygen atoms in total. The van der Waals surface area contributed by atoms with Gasteiger partial charge in [-0.3, -0.25) is 19.6 Å². The van der Waals surface area contributed by atoms with Crippen molar-refractivity contribution in [1.82, 2.24) is 19.7 Å². The monoisotopic (exact) mass is 442 g/mol. The Bertz CT molecular complexity index is 866. The van der Waals surface area contributed by atoms with Crippen molar-refractivity contribution in [2.45, 2.75) is 37.8 Å². The van der Waals surface area contributed by atoms with E-state index in [1.165, 1.54) is 9.78 Å². The first-order valence-electron chi connectivity index (χ1n) is 10.9. The van der Waals surface area contributed by atoms with Crippen molar-refractivity contribution in [2.75, 3.05) is 39.9 Å². The maximum atomic E-state index is 13.5. The number of ether oxygens (including phenoxy) is 1. The van der Waals surface area contributed by atoms with Gasteiger partial charge < -0.3 is 9.64 Å². The minimum absolute atomic E-state index is 0.0319. The molecule has 0 bridgehead atoms. The van der Waals surface area contributed by atoms with Gasteiger partial charge in [-0.2, -0.15) is 0 Å². The smallest absolute Gasteiger partial charge is 0.327 e. The van der Waals surface area contributed by atoms with Gasteiger partial charge in [0.05, 0.1) is 6.61 Å². The lowest BCUT2D eigenvalue weighted by Gasteiger charge is -2.42. The number of methoxy groups -OCH3 is 1. The van der Waals surface area contributed by atoms with Gasteiger partial charge in [-0.05, 0) is 48.8 Å². The summed E-state index contributed by atoms with van der Waals surface area (Å²) in [6.45, 7) is 3.85. The first-order chi connectivity index (χ1) is 15.1. The van der Waals surface area contributed by atoms with Gasteiger partial charge in [0.15, 0.2) is 0 Å². The molecule has 2 aromatic rings. The first-order valence-corrected chi connectivity index (χ1v) is 11.8. The van der Waals surface area contributed by atoms with Crippen LogP contribution in [-0.4, -0.2) is 77.1 Å². The number of piperidine rings is 1. The number of aromatic nitrogens is 1. The van der Waals surface area contributed by atoms with Crippen LogP contribution in [0.25, 0.3) is 0 Å². The largest absolute Gasteiger partial charge is 0.383 e. The Morgan fingerprint density at radius 3 is 2.68 bits per heavy atom. The van der Waals surface area contributed by atoms with Crippen molar-refractivity contribution in [3.05, 3.63) is 52.5 Å². The van der Waals surface area contributed by atoms with Crippen molar-refractivity contribution in [3.8, 4) is 0 Å². The number of carbonyl (C=O) groups excluding carboxylic acids is 2. The van der Waals surface area contributed by atoms with Gasteiger partial charge in [-0.25, -0.2) is 4.79 Å². The Morgan fingerprint density at radius 2 is 2.00 bits per heavy atom. The molecule has 1 spiro atoms. The molecule has 31 heavy (non-hydrogen) atoms. The fourth-order valence-electron chi connectivity index (χ4n) is 4.65. The molecule has 2 aliphatic rings. The molecule has 0 radical (unpaired) electrons. The van der Waals surface area contributed by atoms with E-state index in [-0.39, 0.29) is 11.9 Å². The molecule has 2 saturated heterocycles. The summed E-state index contributed by atoms with van der Waals surface area (Å²) in [5.41, 5.74) is 0.394. The Labute approximate surface area is 187 Å². The van der Waals surface area contributed by atoms with Crippen LogP contribution >= 0.6 is 11.3 Å². The Morgan fingerprint density at radius 1 is 1.16 bits per heavy atom. The highest BCUT2D eigenvalue weighted by molar-refractivity contribution is 7.09. The fourth-order valence-corrected chi connectivity index (χ4v) is 5.39. The van der Waals surface area contributed by atoms with E-state index < -0.39 is 5.54 Å². The van der Waals surface area contributed by atoms with Gasteiger partial charge in [0.2, 0.25) is 0 Å². The first kappa shape index (κ1) is 21.9. The number of carbonyl (C=O) groups is 2. The molecule has 0 aromatic carbocycles. The van der Waals surface area contributed by atoms with Gasteiger partial charge in [-0.15, -0.1) is 11.3 Å². The van der Waals surface area contributed by atoms with E-state index in [9.17, 15) is 9.59 Å². The van der Waals surface area contributed by atoms with Crippen LogP contribution in [-0.2, 0) is 22.5 Å². The molecular formula is C23H30N4O3S. The number of pyridine rings is 1. The van der Waals surface area contributed by atoms with Crippen LogP contribution in [0.1, 0.15) is 29.7 Å². The maximum Gasteiger partial charge on any atom is 0.327 e. The number of likely N-dealkylation sites (tertiary alicyclic amines) is 1. The molecule has 4 rings (SSSR count). The number of thiophene rings is 1. The van der Waals surface area contributed by atoms with E-state index in [1.807, 2.05) is 18.3 Å². The molecule has 8 heteroatoms. The van der Waals surface area contributed by atoms with Crippen LogP contribution in [0.15, 0.2) is 42.0 Å². The summed E-state index contributed by atoms with van der Waals surface area (Å²) in [5, 5.41) is 2.09. The summed E-state index contributed by atoms with van der Waals surface area (Å²) in [6, 6.07) is 7.98. The van der Waals surface area contributed by atoms with Gasteiger partial charge >= 0.3 is 6.03 Å². The maximum absolute atomic E-state index is 13.5. The third kappa shape index (κ3) is 4.66. The van der Waals surface area contributed by atoms with E-state index in [4.69, 9.17) is 4.74 Å². The third-order valence-electron chi connectivity index (χ3n) is 6.35. The van der Waals surface area contributed by atoms with Crippen molar-refractivity contribution < 1.29 is 14.3 Å². The normalized spacial score (nSPS) is 19.0. The van der Waals surface area contributed by atoms with E-state index in [0.29, 0.717) is 32.5 Å². The topological polar surface area (TPSA) is 66.0 Å². The standard InChI is InChI=1S/C23H30N4O3S/c1-30-15-14-27-22(29)26(11-3-6-19-5-2-10-24-17-19)21(28)23(27)8-12-25(13-9-23)18-20-7-4-16-31-20/h2,4-5,7,10,16-17H,3,6,8-9,11-15,18H2,1H3. The quantitative estimate of drug-likeness (QED) is 0.559. The zero-order chi connectivity index (χ0) is 21.7. The molecule has 0 aliphatic carbocycles. The lowest BCUT2D eigenvalue weighted by molar-refractivity contribution is -0.136. The van der Waals surface area contributed by atoms with Crippen LogP contribution in [0.4, 0.5) is 4.79 Å². The Kier molecular flexibility index (Phi) is 6.99. The zero-order valence-corrected chi connectivity index (χ0v) is 18.9.